The summed E-state index contributed by atoms with van der Waals surface area (Å²) in [6.45, 7) is -0.0818. The number of aliphatic hydroxyl groups excluding tert-OH is 2. The molecule has 1 amide bonds. The third-order valence-electron chi connectivity index (χ3n) is 5.28. The standard InChI is InChI=1S/C23H20Cl2N2O4/c24-13-9-19(25)21(26-10-13)22(29)20(28)11-27-23(30)31-12-18-16-7-3-1-5-14(16)15-6-2-4-8-17(15)18/h1-10,18,20,22,28-29H,11-12H2,(H,27,30). The summed E-state index contributed by atoms with van der Waals surface area (Å²) in [4.78, 5) is 16.2. The molecule has 2 aromatic carbocycles. The summed E-state index contributed by atoms with van der Waals surface area (Å²) in [5.41, 5.74) is 4.56. The maximum Gasteiger partial charge on any atom is 0.407 e. The second-order valence-corrected chi connectivity index (χ2v) is 8.08. The molecule has 8 heteroatoms. The smallest absolute Gasteiger partial charge is 0.407 e. The van der Waals surface area contributed by atoms with Crippen molar-refractivity contribution in [2.75, 3.05) is 13.2 Å². The highest BCUT2D eigenvalue weighted by Crippen LogP contribution is 2.44. The van der Waals surface area contributed by atoms with Crippen LogP contribution in [0.1, 0.15) is 28.8 Å². The van der Waals surface area contributed by atoms with Crippen LogP contribution in [-0.4, -0.2) is 40.5 Å². The molecule has 160 valence electrons. The second-order valence-electron chi connectivity index (χ2n) is 7.24. The first kappa shape index (κ1) is 21.6. The zero-order valence-electron chi connectivity index (χ0n) is 16.3. The molecule has 0 bridgehead atoms. The number of nitrogens with zero attached hydrogens (tertiary/aromatic N) is 1. The number of ether oxygens (including phenoxy) is 1. The predicted octanol–water partition coefficient (Wildman–Crippen LogP) is 4.32. The lowest BCUT2D eigenvalue weighted by molar-refractivity contribution is 0.0161. The lowest BCUT2D eigenvalue weighted by atomic mass is 9.98. The van der Waals surface area contributed by atoms with Gasteiger partial charge in [-0.25, -0.2) is 4.79 Å². The molecule has 0 radical (unpaired) electrons. The highest BCUT2D eigenvalue weighted by Gasteiger charge is 2.29. The average molecular weight is 459 g/mol. The van der Waals surface area contributed by atoms with Gasteiger partial charge in [-0.2, -0.15) is 0 Å². The van der Waals surface area contributed by atoms with Crippen molar-refractivity contribution in [1.29, 1.82) is 0 Å². The van der Waals surface area contributed by atoms with Gasteiger partial charge in [0, 0.05) is 18.7 Å². The van der Waals surface area contributed by atoms with Gasteiger partial charge >= 0.3 is 6.09 Å². The van der Waals surface area contributed by atoms with E-state index < -0.39 is 18.3 Å². The predicted molar refractivity (Wildman–Crippen MR) is 118 cm³/mol. The van der Waals surface area contributed by atoms with E-state index >= 15 is 0 Å². The van der Waals surface area contributed by atoms with Crippen molar-refractivity contribution >= 4 is 29.3 Å². The minimum absolute atomic E-state index is 0.0641. The van der Waals surface area contributed by atoms with Gasteiger partial charge in [0.25, 0.3) is 0 Å². The molecule has 1 aliphatic carbocycles. The molecule has 0 saturated carbocycles. The van der Waals surface area contributed by atoms with Crippen molar-refractivity contribution in [3.8, 4) is 11.1 Å². The molecular formula is C23H20Cl2N2O4. The molecule has 3 N–H and O–H groups in total. The third kappa shape index (κ3) is 4.52. The highest BCUT2D eigenvalue weighted by atomic mass is 35.5. The molecule has 1 aliphatic rings. The minimum Gasteiger partial charge on any atom is -0.449 e. The van der Waals surface area contributed by atoms with Crippen LogP contribution in [-0.2, 0) is 4.74 Å². The molecule has 0 spiro atoms. The van der Waals surface area contributed by atoms with Crippen LogP contribution in [0.5, 0.6) is 0 Å². The number of benzene rings is 2. The summed E-state index contributed by atoms with van der Waals surface area (Å²) in [5.74, 6) is -0.0641. The Balaban J connectivity index is 1.35. The first-order valence-electron chi connectivity index (χ1n) is 9.71. The van der Waals surface area contributed by atoms with E-state index in [-0.39, 0.29) is 29.8 Å². The molecule has 6 nitrogen and oxygen atoms in total. The monoisotopic (exact) mass is 458 g/mol. The Labute approximate surface area is 189 Å². The van der Waals surface area contributed by atoms with Crippen molar-refractivity contribution in [2.24, 2.45) is 0 Å². The van der Waals surface area contributed by atoms with Crippen molar-refractivity contribution in [3.05, 3.63) is 87.7 Å². The van der Waals surface area contributed by atoms with Crippen LogP contribution in [0, 0.1) is 0 Å². The quantitative estimate of drug-likeness (QED) is 0.511. The summed E-state index contributed by atoms with van der Waals surface area (Å²) < 4.78 is 5.41. The number of halogens is 2. The molecule has 31 heavy (non-hydrogen) atoms. The summed E-state index contributed by atoms with van der Waals surface area (Å²) in [7, 11) is 0. The number of pyridine rings is 1. The number of nitrogens with one attached hydrogen (secondary N) is 1. The van der Waals surface area contributed by atoms with Crippen LogP contribution in [0.2, 0.25) is 10.0 Å². The van der Waals surface area contributed by atoms with Gasteiger partial charge in [0.15, 0.2) is 0 Å². The molecule has 1 aromatic heterocycles. The number of amides is 1. The molecule has 4 rings (SSSR count). The van der Waals surface area contributed by atoms with Crippen molar-refractivity contribution < 1.29 is 19.7 Å². The normalized spacial score (nSPS) is 14.5. The van der Waals surface area contributed by atoms with Crippen molar-refractivity contribution in [3.63, 3.8) is 0 Å². The van der Waals surface area contributed by atoms with E-state index in [1.807, 2.05) is 36.4 Å². The van der Waals surface area contributed by atoms with E-state index in [0.717, 1.165) is 22.3 Å². The number of aromatic nitrogens is 1. The fourth-order valence-corrected chi connectivity index (χ4v) is 4.27. The molecule has 0 aliphatic heterocycles. The Kier molecular flexibility index (Phi) is 6.43. The fourth-order valence-electron chi connectivity index (χ4n) is 3.77. The second kappa shape index (κ2) is 9.24. The Bertz CT molecular complexity index is 1060. The lowest BCUT2D eigenvalue weighted by Gasteiger charge is -2.19. The van der Waals surface area contributed by atoms with Gasteiger partial charge < -0.3 is 20.3 Å². The Hall–Kier alpha value is -2.64. The number of alkyl carbamates (subject to hydrolysis) is 1. The Morgan fingerprint density at radius 1 is 1.06 bits per heavy atom. The van der Waals surface area contributed by atoms with E-state index in [2.05, 4.69) is 22.4 Å². The number of aliphatic hydroxyl groups is 2. The number of fused-ring (bicyclic) bond motifs is 3. The van der Waals surface area contributed by atoms with Gasteiger partial charge in [-0.15, -0.1) is 0 Å². The van der Waals surface area contributed by atoms with Crippen LogP contribution < -0.4 is 5.32 Å². The molecule has 2 atom stereocenters. The highest BCUT2D eigenvalue weighted by molar-refractivity contribution is 6.34. The van der Waals surface area contributed by atoms with E-state index in [4.69, 9.17) is 27.9 Å². The van der Waals surface area contributed by atoms with Gasteiger partial charge in [-0.1, -0.05) is 71.7 Å². The van der Waals surface area contributed by atoms with E-state index in [0.29, 0.717) is 5.02 Å². The molecule has 0 saturated heterocycles. The van der Waals surface area contributed by atoms with Crippen LogP contribution in [0.25, 0.3) is 11.1 Å². The van der Waals surface area contributed by atoms with Crippen LogP contribution in [0.3, 0.4) is 0 Å². The first-order valence-corrected chi connectivity index (χ1v) is 10.5. The van der Waals surface area contributed by atoms with Gasteiger partial charge in [-0.3, -0.25) is 4.98 Å². The number of hydrogen-bond acceptors (Lipinski definition) is 5. The van der Waals surface area contributed by atoms with Crippen LogP contribution in [0.4, 0.5) is 4.79 Å². The molecule has 3 aromatic rings. The van der Waals surface area contributed by atoms with E-state index in [1.54, 1.807) is 0 Å². The Morgan fingerprint density at radius 2 is 1.68 bits per heavy atom. The molecule has 0 fully saturated rings. The lowest BCUT2D eigenvalue weighted by Crippen LogP contribution is -2.36. The van der Waals surface area contributed by atoms with Crippen LogP contribution >= 0.6 is 23.2 Å². The maximum atomic E-state index is 12.2. The first-order chi connectivity index (χ1) is 15.0. The summed E-state index contributed by atoms with van der Waals surface area (Å²) in [6.07, 6.45) is -2.09. The topological polar surface area (TPSA) is 91.7 Å². The number of hydrogen-bond donors (Lipinski definition) is 3. The minimum atomic E-state index is -1.39. The van der Waals surface area contributed by atoms with E-state index in [1.165, 1.54) is 12.3 Å². The number of carbonyl (C=O) groups is 1. The van der Waals surface area contributed by atoms with Crippen LogP contribution in [0.15, 0.2) is 60.8 Å². The number of rotatable bonds is 6. The van der Waals surface area contributed by atoms with Gasteiger partial charge in [-0.05, 0) is 28.3 Å². The maximum absolute atomic E-state index is 12.2. The summed E-state index contributed by atoms with van der Waals surface area (Å²) >= 11 is 11.8. The fraction of sp³-hybridized carbons (Fsp3) is 0.217. The number of carbonyl (C=O) groups excluding carboxylic acids is 1. The zero-order valence-corrected chi connectivity index (χ0v) is 17.8. The Morgan fingerprint density at radius 3 is 2.29 bits per heavy atom. The van der Waals surface area contributed by atoms with Gasteiger partial charge in [0.2, 0.25) is 0 Å². The summed E-state index contributed by atoms with van der Waals surface area (Å²) in [5, 5.41) is 23.4. The zero-order chi connectivity index (χ0) is 22.0. The van der Waals surface area contributed by atoms with Crippen molar-refractivity contribution in [2.45, 2.75) is 18.1 Å². The SMILES string of the molecule is O=C(NCC(O)C(O)c1ncc(Cl)cc1Cl)OCC1c2ccccc2-c2ccccc21. The largest absolute Gasteiger partial charge is 0.449 e. The van der Waals surface area contributed by atoms with E-state index in [9.17, 15) is 15.0 Å². The van der Waals surface area contributed by atoms with Gasteiger partial charge in [0.1, 0.15) is 18.8 Å². The average Bonchev–Trinajstić information content (AvgIpc) is 3.09. The van der Waals surface area contributed by atoms with Crippen molar-refractivity contribution in [1.82, 2.24) is 10.3 Å². The molecule has 2 unspecified atom stereocenters. The molecule has 1 heterocycles. The third-order valence-corrected chi connectivity index (χ3v) is 5.79. The summed E-state index contributed by atoms with van der Waals surface area (Å²) in [6, 6.07) is 17.5. The molecular weight excluding hydrogens is 439 g/mol. The van der Waals surface area contributed by atoms with Gasteiger partial charge in [0.05, 0.1) is 15.7 Å².